The summed E-state index contributed by atoms with van der Waals surface area (Å²) < 4.78 is 18.6. The SMILES string of the molecule is CCOc1ccc(N(C)CCN)cc1F. The van der Waals surface area contributed by atoms with Crippen molar-refractivity contribution < 1.29 is 9.13 Å². The van der Waals surface area contributed by atoms with Crippen molar-refractivity contribution in [2.24, 2.45) is 5.73 Å². The molecule has 0 radical (unpaired) electrons. The van der Waals surface area contributed by atoms with Gasteiger partial charge in [-0.05, 0) is 19.1 Å². The van der Waals surface area contributed by atoms with Crippen LogP contribution < -0.4 is 15.4 Å². The van der Waals surface area contributed by atoms with Gasteiger partial charge in [0, 0.05) is 31.9 Å². The van der Waals surface area contributed by atoms with E-state index in [0.29, 0.717) is 25.4 Å². The molecule has 4 heteroatoms. The van der Waals surface area contributed by atoms with Gasteiger partial charge in [-0.2, -0.15) is 0 Å². The molecule has 0 aliphatic heterocycles. The van der Waals surface area contributed by atoms with Crippen LogP contribution in [0.15, 0.2) is 18.2 Å². The average Bonchev–Trinajstić information content (AvgIpc) is 2.21. The Morgan fingerprint density at radius 1 is 1.47 bits per heavy atom. The quantitative estimate of drug-likeness (QED) is 0.806. The van der Waals surface area contributed by atoms with Crippen molar-refractivity contribution in [3.05, 3.63) is 24.0 Å². The standard InChI is InChI=1S/C11H17FN2O/c1-3-15-11-5-4-9(8-10(11)12)14(2)7-6-13/h4-5,8H,3,6-7,13H2,1-2H3. The van der Waals surface area contributed by atoms with E-state index in [-0.39, 0.29) is 5.82 Å². The monoisotopic (exact) mass is 212 g/mol. The molecular formula is C11H17FN2O. The van der Waals surface area contributed by atoms with E-state index < -0.39 is 0 Å². The van der Waals surface area contributed by atoms with Gasteiger partial charge in [-0.3, -0.25) is 0 Å². The fraction of sp³-hybridized carbons (Fsp3) is 0.455. The number of rotatable bonds is 5. The lowest BCUT2D eigenvalue weighted by Gasteiger charge is -2.18. The van der Waals surface area contributed by atoms with E-state index in [1.807, 2.05) is 24.9 Å². The number of nitrogens with zero attached hydrogens (tertiary/aromatic N) is 1. The summed E-state index contributed by atoms with van der Waals surface area (Å²) >= 11 is 0. The Hall–Kier alpha value is -1.29. The molecule has 0 unspecified atom stereocenters. The van der Waals surface area contributed by atoms with Gasteiger partial charge in [0.2, 0.25) is 0 Å². The molecule has 0 atom stereocenters. The molecule has 1 aromatic rings. The third-order valence-corrected chi connectivity index (χ3v) is 2.12. The van der Waals surface area contributed by atoms with Gasteiger partial charge in [-0.1, -0.05) is 0 Å². The second-order valence-corrected chi connectivity index (χ2v) is 3.26. The van der Waals surface area contributed by atoms with Crippen LogP contribution in [0.4, 0.5) is 10.1 Å². The molecule has 3 nitrogen and oxygen atoms in total. The zero-order valence-electron chi connectivity index (χ0n) is 9.16. The topological polar surface area (TPSA) is 38.5 Å². The minimum atomic E-state index is -0.335. The van der Waals surface area contributed by atoms with Crippen molar-refractivity contribution in [2.45, 2.75) is 6.92 Å². The normalized spacial score (nSPS) is 10.1. The van der Waals surface area contributed by atoms with Crippen molar-refractivity contribution in [1.82, 2.24) is 0 Å². The highest BCUT2D eigenvalue weighted by Crippen LogP contribution is 2.22. The lowest BCUT2D eigenvalue weighted by molar-refractivity contribution is 0.321. The number of likely N-dealkylation sites (N-methyl/N-ethyl adjacent to an activating group) is 1. The number of nitrogens with two attached hydrogens (primary N) is 1. The molecule has 2 N–H and O–H groups in total. The second-order valence-electron chi connectivity index (χ2n) is 3.26. The minimum Gasteiger partial charge on any atom is -0.491 e. The van der Waals surface area contributed by atoms with Gasteiger partial charge in [0.05, 0.1) is 6.61 Å². The Bertz CT molecular complexity index is 317. The maximum Gasteiger partial charge on any atom is 0.167 e. The molecule has 0 saturated carbocycles. The molecule has 15 heavy (non-hydrogen) atoms. The summed E-state index contributed by atoms with van der Waals surface area (Å²) in [5.41, 5.74) is 6.23. The molecule has 0 heterocycles. The van der Waals surface area contributed by atoms with Crippen molar-refractivity contribution in [2.75, 3.05) is 31.6 Å². The molecule has 0 aliphatic rings. The van der Waals surface area contributed by atoms with Crippen molar-refractivity contribution in [3.8, 4) is 5.75 Å². The van der Waals surface area contributed by atoms with Gasteiger partial charge < -0.3 is 15.4 Å². The molecule has 0 amide bonds. The second kappa shape index (κ2) is 5.56. The van der Waals surface area contributed by atoms with Crippen LogP contribution in [0.1, 0.15) is 6.92 Å². The summed E-state index contributed by atoms with van der Waals surface area (Å²) in [6.45, 7) is 3.54. The van der Waals surface area contributed by atoms with E-state index in [2.05, 4.69) is 0 Å². The molecule has 84 valence electrons. The Balaban J connectivity index is 2.81. The third kappa shape index (κ3) is 3.09. The van der Waals surface area contributed by atoms with Crippen LogP contribution in [0.5, 0.6) is 5.75 Å². The largest absolute Gasteiger partial charge is 0.491 e. The first-order valence-corrected chi connectivity index (χ1v) is 5.02. The summed E-state index contributed by atoms with van der Waals surface area (Å²) in [6, 6.07) is 4.92. The summed E-state index contributed by atoms with van der Waals surface area (Å²) in [5, 5.41) is 0. The molecule has 0 bridgehead atoms. The van der Waals surface area contributed by atoms with Gasteiger partial charge in [-0.15, -0.1) is 0 Å². The molecular weight excluding hydrogens is 195 g/mol. The maximum atomic E-state index is 13.5. The van der Waals surface area contributed by atoms with Gasteiger partial charge in [0.15, 0.2) is 11.6 Å². The Labute approximate surface area is 89.6 Å². The molecule has 1 aromatic carbocycles. The first-order valence-electron chi connectivity index (χ1n) is 5.02. The molecule has 0 aromatic heterocycles. The number of halogens is 1. The number of hydrogen-bond acceptors (Lipinski definition) is 3. The van der Waals surface area contributed by atoms with Crippen LogP contribution in [-0.4, -0.2) is 26.7 Å². The Morgan fingerprint density at radius 2 is 2.20 bits per heavy atom. The van der Waals surface area contributed by atoms with Crippen LogP contribution in [0.3, 0.4) is 0 Å². The van der Waals surface area contributed by atoms with Crippen LogP contribution in [-0.2, 0) is 0 Å². The molecule has 0 saturated heterocycles. The van der Waals surface area contributed by atoms with Gasteiger partial charge in [0.25, 0.3) is 0 Å². The Kier molecular flexibility index (Phi) is 4.37. The summed E-state index contributed by atoms with van der Waals surface area (Å²) in [4.78, 5) is 1.90. The summed E-state index contributed by atoms with van der Waals surface area (Å²) in [5.74, 6) is -0.0411. The average molecular weight is 212 g/mol. The third-order valence-electron chi connectivity index (χ3n) is 2.12. The highest BCUT2D eigenvalue weighted by Gasteiger charge is 2.06. The highest BCUT2D eigenvalue weighted by molar-refractivity contribution is 5.49. The van der Waals surface area contributed by atoms with Crippen LogP contribution in [0, 0.1) is 5.82 Å². The number of ether oxygens (including phenoxy) is 1. The van der Waals surface area contributed by atoms with Crippen LogP contribution in [0.25, 0.3) is 0 Å². The van der Waals surface area contributed by atoms with Crippen molar-refractivity contribution in [3.63, 3.8) is 0 Å². The zero-order chi connectivity index (χ0) is 11.3. The molecule has 0 spiro atoms. The lowest BCUT2D eigenvalue weighted by Crippen LogP contribution is -2.24. The molecule has 0 aliphatic carbocycles. The Morgan fingerprint density at radius 3 is 2.73 bits per heavy atom. The molecule has 1 rings (SSSR count). The molecule has 0 fully saturated rings. The van der Waals surface area contributed by atoms with Crippen molar-refractivity contribution >= 4 is 5.69 Å². The smallest absolute Gasteiger partial charge is 0.167 e. The minimum absolute atomic E-state index is 0.294. The highest BCUT2D eigenvalue weighted by atomic mass is 19.1. The summed E-state index contributed by atoms with van der Waals surface area (Å²) in [7, 11) is 1.88. The fourth-order valence-electron chi connectivity index (χ4n) is 1.32. The predicted molar refractivity (Wildman–Crippen MR) is 59.9 cm³/mol. The van der Waals surface area contributed by atoms with Crippen LogP contribution in [0.2, 0.25) is 0 Å². The maximum absolute atomic E-state index is 13.5. The van der Waals surface area contributed by atoms with Crippen LogP contribution >= 0.6 is 0 Å². The first-order chi connectivity index (χ1) is 7.19. The fourth-order valence-corrected chi connectivity index (χ4v) is 1.32. The predicted octanol–water partition coefficient (Wildman–Crippen LogP) is 1.62. The van der Waals surface area contributed by atoms with Gasteiger partial charge >= 0.3 is 0 Å². The van der Waals surface area contributed by atoms with E-state index >= 15 is 0 Å². The zero-order valence-corrected chi connectivity index (χ0v) is 9.16. The lowest BCUT2D eigenvalue weighted by atomic mass is 10.2. The number of benzene rings is 1. The van der Waals surface area contributed by atoms with Gasteiger partial charge in [-0.25, -0.2) is 4.39 Å². The van der Waals surface area contributed by atoms with E-state index in [4.69, 9.17) is 10.5 Å². The van der Waals surface area contributed by atoms with E-state index in [0.717, 1.165) is 5.69 Å². The summed E-state index contributed by atoms with van der Waals surface area (Å²) in [6.07, 6.45) is 0. The first kappa shape index (κ1) is 11.8. The van der Waals surface area contributed by atoms with E-state index in [9.17, 15) is 4.39 Å². The van der Waals surface area contributed by atoms with E-state index in [1.54, 1.807) is 6.07 Å². The number of anilines is 1. The van der Waals surface area contributed by atoms with Gasteiger partial charge in [0.1, 0.15) is 0 Å². The van der Waals surface area contributed by atoms with E-state index in [1.165, 1.54) is 6.07 Å². The number of hydrogen-bond donors (Lipinski definition) is 1. The van der Waals surface area contributed by atoms with Crippen molar-refractivity contribution in [1.29, 1.82) is 0 Å².